The highest BCUT2D eigenvalue weighted by atomic mass is 32.2. The van der Waals surface area contributed by atoms with Crippen molar-refractivity contribution in [3.05, 3.63) is 41.5 Å². The van der Waals surface area contributed by atoms with Crippen molar-refractivity contribution in [3.8, 4) is 0 Å². The first-order valence-electron chi connectivity index (χ1n) is 8.61. The fourth-order valence-electron chi connectivity index (χ4n) is 2.92. The van der Waals surface area contributed by atoms with Gasteiger partial charge in [0.1, 0.15) is 0 Å². The summed E-state index contributed by atoms with van der Waals surface area (Å²) in [7, 11) is 0.836. The molecule has 0 heterocycles. The van der Waals surface area contributed by atoms with E-state index in [1.54, 1.807) is 11.2 Å². The molecular formula is C19H28N2O2S. The standard InChI is InChI=1S/C19H28N2O2S/c1-15(17-9-11-18(12-10-17)24(3)23)21(2)19(22)20-14-13-16-7-5-4-6-8-16/h7,9-12,15H,4-6,8,13-14H2,1-3H3,(H,20,22). The van der Waals surface area contributed by atoms with Crippen molar-refractivity contribution in [3.63, 3.8) is 0 Å². The molecule has 1 aliphatic rings. The second kappa shape index (κ2) is 9.02. The molecule has 1 aliphatic carbocycles. The molecule has 0 aromatic heterocycles. The Bertz CT molecular complexity index is 610. The van der Waals surface area contributed by atoms with Crippen LogP contribution in [0.5, 0.6) is 0 Å². The molecule has 2 amide bonds. The van der Waals surface area contributed by atoms with E-state index >= 15 is 0 Å². The molecule has 0 saturated heterocycles. The van der Waals surface area contributed by atoms with Crippen LogP contribution in [0.25, 0.3) is 0 Å². The lowest BCUT2D eigenvalue weighted by atomic mass is 9.97. The predicted molar refractivity (Wildman–Crippen MR) is 99.5 cm³/mol. The zero-order valence-corrected chi connectivity index (χ0v) is 15.7. The lowest BCUT2D eigenvalue weighted by Gasteiger charge is -2.26. The van der Waals surface area contributed by atoms with Gasteiger partial charge in [-0.25, -0.2) is 4.79 Å². The minimum atomic E-state index is -0.975. The van der Waals surface area contributed by atoms with Crippen molar-refractivity contribution in [2.75, 3.05) is 19.8 Å². The fourth-order valence-corrected chi connectivity index (χ4v) is 3.44. The molecular weight excluding hydrogens is 320 g/mol. The Balaban J connectivity index is 1.84. The van der Waals surface area contributed by atoms with Crippen LogP contribution in [-0.2, 0) is 10.8 Å². The SMILES string of the molecule is CC(c1ccc(S(C)=O)cc1)N(C)C(=O)NCCC1=CCCCC1. The van der Waals surface area contributed by atoms with Crippen molar-refractivity contribution in [2.45, 2.75) is 50.0 Å². The van der Waals surface area contributed by atoms with Gasteiger partial charge in [0, 0.05) is 35.5 Å². The van der Waals surface area contributed by atoms with Gasteiger partial charge in [0.15, 0.2) is 0 Å². The van der Waals surface area contributed by atoms with Gasteiger partial charge < -0.3 is 10.2 Å². The number of nitrogens with one attached hydrogen (secondary N) is 1. The average molecular weight is 349 g/mol. The molecule has 1 aromatic rings. The fraction of sp³-hybridized carbons (Fsp3) is 0.526. The topological polar surface area (TPSA) is 49.4 Å². The van der Waals surface area contributed by atoms with Gasteiger partial charge in [-0.2, -0.15) is 0 Å². The van der Waals surface area contributed by atoms with Crippen LogP contribution in [0.4, 0.5) is 4.79 Å². The lowest BCUT2D eigenvalue weighted by molar-refractivity contribution is 0.194. The zero-order chi connectivity index (χ0) is 17.5. The highest BCUT2D eigenvalue weighted by Crippen LogP contribution is 2.21. The van der Waals surface area contributed by atoms with E-state index in [0.717, 1.165) is 16.9 Å². The van der Waals surface area contributed by atoms with Gasteiger partial charge in [0.25, 0.3) is 0 Å². The molecule has 4 nitrogen and oxygen atoms in total. The van der Waals surface area contributed by atoms with E-state index < -0.39 is 10.8 Å². The summed E-state index contributed by atoms with van der Waals surface area (Å²) in [5.41, 5.74) is 2.51. The first kappa shape index (κ1) is 18.7. The summed E-state index contributed by atoms with van der Waals surface area (Å²) in [5, 5.41) is 3.01. The van der Waals surface area contributed by atoms with Gasteiger partial charge in [-0.3, -0.25) is 4.21 Å². The quantitative estimate of drug-likeness (QED) is 0.790. The minimum Gasteiger partial charge on any atom is -0.338 e. The number of hydrogen-bond donors (Lipinski definition) is 1. The highest BCUT2D eigenvalue weighted by molar-refractivity contribution is 7.84. The van der Waals surface area contributed by atoms with Gasteiger partial charge in [-0.05, 0) is 56.7 Å². The molecule has 2 unspecified atom stereocenters. The van der Waals surface area contributed by atoms with Crippen LogP contribution in [0.1, 0.15) is 50.6 Å². The molecule has 0 spiro atoms. The molecule has 0 bridgehead atoms. The predicted octanol–water partition coefficient (Wildman–Crippen LogP) is 4.02. The molecule has 0 saturated carbocycles. The molecule has 0 radical (unpaired) electrons. The van der Waals surface area contributed by atoms with Crippen LogP contribution in [0.2, 0.25) is 0 Å². The number of carbonyl (C=O) groups is 1. The van der Waals surface area contributed by atoms with E-state index in [-0.39, 0.29) is 12.1 Å². The van der Waals surface area contributed by atoms with Crippen LogP contribution in [0.15, 0.2) is 40.8 Å². The van der Waals surface area contributed by atoms with Gasteiger partial charge in [-0.15, -0.1) is 0 Å². The first-order valence-corrected chi connectivity index (χ1v) is 10.2. The summed E-state index contributed by atoms with van der Waals surface area (Å²) in [6.07, 6.45) is 9.85. The Kier molecular flexibility index (Phi) is 7.03. The largest absolute Gasteiger partial charge is 0.338 e. The number of rotatable bonds is 6. The number of carbonyl (C=O) groups excluding carboxylic acids is 1. The smallest absolute Gasteiger partial charge is 0.317 e. The Morgan fingerprint density at radius 2 is 2.00 bits per heavy atom. The van der Waals surface area contributed by atoms with Crippen LogP contribution in [-0.4, -0.2) is 35.0 Å². The number of nitrogens with zero attached hydrogens (tertiary/aromatic N) is 1. The van der Waals surface area contributed by atoms with Gasteiger partial charge in [0.2, 0.25) is 0 Å². The Morgan fingerprint density at radius 1 is 1.29 bits per heavy atom. The monoisotopic (exact) mass is 348 g/mol. The van der Waals surface area contributed by atoms with Gasteiger partial charge in [0.05, 0.1) is 6.04 Å². The molecule has 2 atom stereocenters. The van der Waals surface area contributed by atoms with Crippen molar-refractivity contribution < 1.29 is 9.00 Å². The van der Waals surface area contributed by atoms with Crippen molar-refractivity contribution in [2.24, 2.45) is 0 Å². The number of urea groups is 1. The molecule has 24 heavy (non-hydrogen) atoms. The molecule has 132 valence electrons. The van der Waals surface area contributed by atoms with Crippen LogP contribution < -0.4 is 5.32 Å². The summed E-state index contributed by atoms with van der Waals surface area (Å²) in [6, 6.07) is 7.53. The van der Waals surface area contributed by atoms with E-state index in [1.165, 1.54) is 31.3 Å². The third kappa shape index (κ3) is 5.20. The van der Waals surface area contributed by atoms with Crippen molar-refractivity contribution >= 4 is 16.8 Å². The maximum Gasteiger partial charge on any atom is 0.317 e. The summed E-state index contributed by atoms with van der Waals surface area (Å²) in [5.74, 6) is 0. The Labute approximate surface area is 147 Å². The van der Waals surface area contributed by atoms with Gasteiger partial charge in [-0.1, -0.05) is 23.8 Å². The Morgan fingerprint density at radius 3 is 2.58 bits per heavy atom. The molecule has 1 aromatic carbocycles. The summed E-state index contributed by atoms with van der Waals surface area (Å²) in [6.45, 7) is 2.69. The molecule has 1 N–H and O–H groups in total. The summed E-state index contributed by atoms with van der Waals surface area (Å²) < 4.78 is 11.4. The van der Waals surface area contributed by atoms with E-state index in [0.29, 0.717) is 6.54 Å². The third-order valence-corrected chi connectivity index (χ3v) is 5.64. The first-order chi connectivity index (χ1) is 11.5. The molecule has 5 heteroatoms. The van der Waals surface area contributed by atoms with E-state index in [9.17, 15) is 9.00 Å². The molecule has 0 aliphatic heterocycles. The number of benzene rings is 1. The van der Waals surface area contributed by atoms with Crippen LogP contribution in [0.3, 0.4) is 0 Å². The minimum absolute atomic E-state index is 0.0294. The maximum absolute atomic E-state index is 12.3. The van der Waals surface area contributed by atoms with E-state index in [4.69, 9.17) is 0 Å². The Hall–Kier alpha value is -1.62. The third-order valence-electron chi connectivity index (χ3n) is 4.70. The number of amides is 2. The summed E-state index contributed by atoms with van der Waals surface area (Å²) >= 11 is 0. The van der Waals surface area contributed by atoms with Crippen LogP contribution >= 0.6 is 0 Å². The van der Waals surface area contributed by atoms with Gasteiger partial charge >= 0.3 is 6.03 Å². The molecule has 0 fully saturated rings. The van der Waals surface area contributed by atoms with E-state index in [2.05, 4.69) is 11.4 Å². The van der Waals surface area contributed by atoms with E-state index in [1.807, 2.05) is 38.2 Å². The second-order valence-corrected chi connectivity index (χ2v) is 7.78. The summed E-state index contributed by atoms with van der Waals surface area (Å²) in [4.78, 5) is 14.8. The highest BCUT2D eigenvalue weighted by Gasteiger charge is 2.17. The second-order valence-electron chi connectivity index (χ2n) is 6.40. The molecule has 2 rings (SSSR count). The number of allylic oxidation sites excluding steroid dienone is 1. The maximum atomic E-state index is 12.3. The average Bonchev–Trinajstić information content (AvgIpc) is 2.61. The van der Waals surface area contributed by atoms with Crippen molar-refractivity contribution in [1.29, 1.82) is 0 Å². The van der Waals surface area contributed by atoms with Crippen molar-refractivity contribution in [1.82, 2.24) is 10.2 Å². The number of hydrogen-bond acceptors (Lipinski definition) is 2. The normalized spacial score (nSPS) is 16.9. The zero-order valence-electron chi connectivity index (χ0n) is 14.9. The lowest BCUT2D eigenvalue weighted by Crippen LogP contribution is -2.39. The van der Waals surface area contributed by atoms with Crippen LogP contribution in [0, 0.1) is 0 Å².